The molecule has 1 unspecified atom stereocenters. The van der Waals surface area contributed by atoms with Gasteiger partial charge in [-0.1, -0.05) is 6.07 Å². The number of methoxy groups -OCH3 is 1. The van der Waals surface area contributed by atoms with Crippen LogP contribution in [0.15, 0.2) is 18.2 Å². The molecule has 1 aliphatic rings. The largest absolute Gasteiger partial charge is 0.465 e. The van der Waals surface area contributed by atoms with Gasteiger partial charge in [-0.3, -0.25) is 14.9 Å². The average Bonchev–Trinajstić information content (AvgIpc) is 2.90. The molecule has 1 atom stereocenters. The van der Waals surface area contributed by atoms with Crippen molar-refractivity contribution in [3.8, 4) is 0 Å². The third kappa shape index (κ3) is 2.88. The van der Waals surface area contributed by atoms with Gasteiger partial charge in [-0.15, -0.1) is 0 Å². The van der Waals surface area contributed by atoms with Crippen LogP contribution in [0.3, 0.4) is 0 Å². The van der Waals surface area contributed by atoms with Crippen LogP contribution >= 0.6 is 0 Å². The molecule has 0 radical (unpaired) electrons. The van der Waals surface area contributed by atoms with Gasteiger partial charge in [-0.05, 0) is 6.07 Å². The molecule has 1 amide bonds. The lowest BCUT2D eigenvalue weighted by Gasteiger charge is -2.31. The number of hydrogen-bond acceptors (Lipinski definition) is 7. The first-order valence-corrected chi connectivity index (χ1v) is 6.78. The number of nitrogens with zero attached hydrogens (tertiary/aromatic N) is 1. The van der Waals surface area contributed by atoms with Crippen LogP contribution in [0.4, 0.5) is 5.69 Å². The molecule has 9 nitrogen and oxygen atoms in total. The number of hydrogen-bond donors (Lipinski definition) is 3. The minimum atomic E-state index is -1.38. The molecule has 0 aliphatic carbocycles. The third-order valence-electron chi connectivity index (χ3n) is 4.03. The van der Waals surface area contributed by atoms with Crippen molar-refractivity contribution in [1.82, 2.24) is 5.32 Å². The Bertz CT molecular complexity index is 655. The van der Waals surface area contributed by atoms with E-state index in [0.717, 1.165) is 13.2 Å². The fourth-order valence-electron chi connectivity index (χ4n) is 2.79. The average molecular weight is 324 g/mol. The molecule has 0 saturated carbocycles. The van der Waals surface area contributed by atoms with Gasteiger partial charge >= 0.3 is 5.97 Å². The van der Waals surface area contributed by atoms with Crippen molar-refractivity contribution in [3.05, 3.63) is 39.4 Å². The Labute approximate surface area is 131 Å². The highest BCUT2D eigenvalue weighted by atomic mass is 16.6. The molecule has 23 heavy (non-hydrogen) atoms. The smallest absolute Gasteiger partial charge is 0.338 e. The lowest BCUT2D eigenvalue weighted by atomic mass is 9.80. The molecule has 124 valence electrons. The Hall–Kier alpha value is -2.52. The number of rotatable bonds is 5. The number of nitro groups is 1. The molecule has 1 fully saturated rings. The zero-order chi connectivity index (χ0) is 17.2. The summed E-state index contributed by atoms with van der Waals surface area (Å²) in [7, 11) is 1.16. The van der Waals surface area contributed by atoms with E-state index in [2.05, 4.69) is 10.1 Å². The molecule has 9 heteroatoms. The lowest BCUT2D eigenvalue weighted by molar-refractivity contribution is -0.385. The van der Waals surface area contributed by atoms with Crippen LogP contribution in [0.2, 0.25) is 0 Å². The van der Waals surface area contributed by atoms with Gasteiger partial charge < -0.3 is 20.3 Å². The molecule has 0 bridgehead atoms. The summed E-state index contributed by atoms with van der Waals surface area (Å²) in [6, 6.07) is 3.75. The van der Waals surface area contributed by atoms with E-state index < -0.39 is 41.5 Å². The van der Waals surface area contributed by atoms with Gasteiger partial charge in [0.15, 0.2) is 0 Å². The Morgan fingerprint density at radius 3 is 2.65 bits per heavy atom. The molecule has 1 aliphatic heterocycles. The van der Waals surface area contributed by atoms with Gasteiger partial charge in [0.25, 0.3) is 5.69 Å². The Balaban J connectivity index is 2.56. The highest BCUT2D eigenvalue weighted by molar-refractivity contribution is 5.90. The summed E-state index contributed by atoms with van der Waals surface area (Å²) in [6.45, 7) is -1.15. The zero-order valence-electron chi connectivity index (χ0n) is 12.3. The first-order chi connectivity index (χ1) is 10.9. The summed E-state index contributed by atoms with van der Waals surface area (Å²) < 4.78 is 4.53. The van der Waals surface area contributed by atoms with Crippen molar-refractivity contribution >= 4 is 17.6 Å². The van der Waals surface area contributed by atoms with E-state index in [1.165, 1.54) is 12.1 Å². The molecule has 3 N–H and O–H groups in total. The highest BCUT2D eigenvalue weighted by Gasteiger charge is 2.48. The maximum absolute atomic E-state index is 11.7. The molecule has 2 rings (SSSR count). The van der Waals surface area contributed by atoms with Crippen LogP contribution in [-0.2, 0) is 9.53 Å². The molecular formula is C14H16N2O7. The number of carbonyl (C=O) groups excluding carboxylic acids is 2. The third-order valence-corrected chi connectivity index (χ3v) is 4.03. The monoisotopic (exact) mass is 324 g/mol. The summed E-state index contributed by atoms with van der Waals surface area (Å²) >= 11 is 0. The Morgan fingerprint density at radius 1 is 1.48 bits per heavy atom. The van der Waals surface area contributed by atoms with Crippen molar-refractivity contribution in [2.45, 2.75) is 17.9 Å². The van der Waals surface area contributed by atoms with Gasteiger partial charge in [0.05, 0.1) is 36.3 Å². The minimum Gasteiger partial charge on any atom is -0.465 e. The van der Waals surface area contributed by atoms with Crippen LogP contribution in [-0.4, -0.2) is 52.9 Å². The molecular weight excluding hydrogens is 308 g/mol. The quantitative estimate of drug-likeness (QED) is 0.384. The van der Waals surface area contributed by atoms with E-state index in [9.17, 15) is 29.9 Å². The number of nitro benzene ring substituents is 1. The number of amides is 1. The number of nitrogens with one attached hydrogen (secondary N) is 1. The van der Waals surface area contributed by atoms with Crippen molar-refractivity contribution in [2.24, 2.45) is 0 Å². The molecule has 0 spiro atoms. The van der Waals surface area contributed by atoms with E-state index >= 15 is 0 Å². The normalized spacial score (nSPS) is 19.3. The Kier molecular flexibility index (Phi) is 4.62. The maximum Gasteiger partial charge on any atom is 0.338 e. The van der Waals surface area contributed by atoms with Gasteiger partial charge in [-0.25, -0.2) is 4.79 Å². The second-order valence-electron chi connectivity index (χ2n) is 5.30. The molecule has 1 heterocycles. The second-order valence-corrected chi connectivity index (χ2v) is 5.30. The fourth-order valence-corrected chi connectivity index (χ4v) is 2.79. The number of aliphatic hydroxyl groups excluding tert-OH is 2. The van der Waals surface area contributed by atoms with E-state index in [1.54, 1.807) is 0 Å². The molecule has 1 aromatic rings. The Morgan fingerprint density at radius 2 is 2.13 bits per heavy atom. The van der Waals surface area contributed by atoms with Crippen LogP contribution in [0.1, 0.15) is 28.3 Å². The van der Waals surface area contributed by atoms with Gasteiger partial charge in [-0.2, -0.15) is 0 Å². The number of aliphatic hydroxyl groups is 2. The number of carbonyl (C=O) groups is 2. The minimum absolute atomic E-state index is 0.00108. The zero-order valence-corrected chi connectivity index (χ0v) is 12.3. The molecule has 1 saturated heterocycles. The summed E-state index contributed by atoms with van der Waals surface area (Å²) in [6.07, 6.45) is -0.112. The first-order valence-electron chi connectivity index (χ1n) is 6.78. The summed E-state index contributed by atoms with van der Waals surface area (Å²) in [5.74, 6) is -1.95. The standard InChI is InChI=1S/C14H16N2O7/c1-23-13(20)8-2-3-9(11(4-8)16(21)22)10-5-12(19)15-14(10,6-17)7-18/h2-4,10,17-18H,5-7H2,1H3,(H,15,19). The van der Waals surface area contributed by atoms with Crippen LogP contribution in [0.25, 0.3) is 0 Å². The molecule has 0 aromatic heterocycles. The van der Waals surface area contributed by atoms with Gasteiger partial charge in [0, 0.05) is 24.0 Å². The summed E-state index contributed by atoms with van der Waals surface area (Å²) in [5.41, 5.74) is -1.60. The predicted molar refractivity (Wildman–Crippen MR) is 76.8 cm³/mol. The number of esters is 1. The first kappa shape index (κ1) is 16.8. The lowest BCUT2D eigenvalue weighted by Crippen LogP contribution is -2.51. The number of ether oxygens (including phenoxy) is 1. The van der Waals surface area contributed by atoms with Crippen molar-refractivity contribution in [1.29, 1.82) is 0 Å². The fraction of sp³-hybridized carbons (Fsp3) is 0.429. The van der Waals surface area contributed by atoms with Crippen molar-refractivity contribution in [3.63, 3.8) is 0 Å². The maximum atomic E-state index is 11.7. The van der Waals surface area contributed by atoms with Gasteiger partial charge in [0.2, 0.25) is 5.91 Å². The number of benzene rings is 1. The van der Waals surface area contributed by atoms with E-state index in [0.29, 0.717) is 0 Å². The van der Waals surface area contributed by atoms with Crippen molar-refractivity contribution < 1.29 is 29.5 Å². The topological polar surface area (TPSA) is 139 Å². The highest BCUT2D eigenvalue weighted by Crippen LogP contribution is 2.40. The van der Waals surface area contributed by atoms with E-state index in [-0.39, 0.29) is 23.2 Å². The van der Waals surface area contributed by atoms with Crippen LogP contribution < -0.4 is 5.32 Å². The SMILES string of the molecule is COC(=O)c1ccc(C2CC(=O)NC2(CO)CO)c([N+](=O)[O-])c1. The van der Waals surface area contributed by atoms with Crippen molar-refractivity contribution in [2.75, 3.05) is 20.3 Å². The van der Waals surface area contributed by atoms with E-state index in [1.807, 2.05) is 0 Å². The van der Waals surface area contributed by atoms with Crippen LogP contribution in [0, 0.1) is 10.1 Å². The van der Waals surface area contributed by atoms with Crippen LogP contribution in [0.5, 0.6) is 0 Å². The summed E-state index contributed by atoms with van der Waals surface area (Å²) in [5, 5.41) is 32.9. The second kappa shape index (κ2) is 6.31. The van der Waals surface area contributed by atoms with E-state index in [4.69, 9.17) is 0 Å². The summed E-state index contributed by atoms with van der Waals surface area (Å²) in [4.78, 5) is 33.9. The van der Waals surface area contributed by atoms with Gasteiger partial charge in [0.1, 0.15) is 0 Å². The predicted octanol–water partition coefficient (Wildman–Crippen LogP) is -0.292. The molecule has 1 aromatic carbocycles.